The van der Waals surface area contributed by atoms with Crippen molar-refractivity contribution in [3.05, 3.63) is 54.2 Å². The van der Waals surface area contributed by atoms with Crippen molar-refractivity contribution in [2.24, 2.45) is 0 Å². The van der Waals surface area contributed by atoms with Crippen LogP contribution < -0.4 is 10.6 Å². The lowest BCUT2D eigenvalue weighted by Crippen LogP contribution is -2.35. The second kappa shape index (κ2) is 11.1. The standard InChI is InChI=1S/C27H31N7O3S/c1-4-28-25(35)33-26-32-22-13-18(19-14-30-24(31-15-19)27(2,3)36)12-20(23(22)38-26)21-11-17(5-6-29-21)16-34-7-9-37-10-8-34/h5-6,11-15,36H,4,7-10,16H2,1-3H3,(H2,28,32,33,35). The van der Waals surface area contributed by atoms with Gasteiger partial charge in [0.1, 0.15) is 5.60 Å². The number of nitrogens with one attached hydrogen (secondary N) is 2. The molecular weight excluding hydrogens is 502 g/mol. The Hall–Kier alpha value is -3.51. The lowest BCUT2D eigenvalue weighted by Gasteiger charge is -2.26. The van der Waals surface area contributed by atoms with Crippen molar-refractivity contribution in [1.29, 1.82) is 0 Å². The average molecular weight is 534 g/mol. The number of aromatic nitrogens is 4. The summed E-state index contributed by atoms with van der Waals surface area (Å²) in [5, 5.41) is 16.3. The Bertz CT molecular complexity index is 1430. The van der Waals surface area contributed by atoms with Crippen LogP contribution in [-0.4, -0.2) is 68.8 Å². The molecule has 0 spiro atoms. The Morgan fingerprint density at radius 3 is 2.61 bits per heavy atom. The fraction of sp³-hybridized carbons (Fsp3) is 0.370. The molecule has 0 aliphatic carbocycles. The molecular formula is C27H31N7O3S. The Labute approximate surface area is 225 Å². The van der Waals surface area contributed by atoms with Crippen LogP contribution in [0.4, 0.5) is 9.93 Å². The zero-order chi connectivity index (χ0) is 26.7. The summed E-state index contributed by atoms with van der Waals surface area (Å²) in [7, 11) is 0. The number of ether oxygens (including phenoxy) is 1. The van der Waals surface area contributed by atoms with E-state index in [-0.39, 0.29) is 6.03 Å². The van der Waals surface area contributed by atoms with Gasteiger partial charge in [-0.3, -0.25) is 15.2 Å². The van der Waals surface area contributed by atoms with Gasteiger partial charge in [0.15, 0.2) is 11.0 Å². The van der Waals surface area contributed by atoms with E-state index in [1.165, 1.54) is 16.9 Å². The molecule has 1 aliphatic heterocycles. The molecule has 4 aromatic rings. The fourth-order valence-corrected chi connectivity index (χ4v) is 5.24. The zero-order valence-electron chi connectivity index (χ0n) is 21.7. The summed E-state index contributed by atoms with van der Waals surface area (Å²) in [6.45, 7) is 9.81. The minimum Gasteiger partial charge on any atom is -0.382 e. The maximum Gasteiger partial charge on any atom is 0.321 e. The van der Waals surface area contributed by atoms with E-state index < -0.39 is 5.60 Å². The third-order valence-corrected chi connectivity index (χ3v) is 7.21. The number of hydrogen-bond donors (Lipinski definition) is 3. The van der Waals surface area contributed by atoms with Crippen LogP contribution in [0.15, 0.2) is 42.9 Å². The molecule has 4 heterocycles. The van der Waals surface area contributed by atoms with Crippen LogP contribution in [-0.2, 0) is 16.9 Å². The van der Waals surface area contributed by atoms with E-state index in [4.69, 9.17) is 14.7 Å². The number of benzene rings is 1. The highest BCUT2D eigenvalue weighted by Gasteiger charge is 2.20. The molecule has 11 heteroatoms. The number of carbonyl (C=O) groups excluding carboxylic acids is 1. The Morgan fingerprint density at radius 2 is 1.89 bits per heavy atom. The van der Waals surface area contributed by atoms with Crippen molar-refractivity contribution < 1.29 is 14.6 Å². The first-order chi connectivity index (χ1) is 18.3. The molecule has 0 bridgehead atoms. The van der Waals surface area contributed by atoms with E-state index in [9.17, 15) is 9.90 Å². The number of fused-ring (bicyclic) bond motifs is 1. The number of nitrogens with zero attached hydrogens (tertiary/aromatic N) is 5. The molecule has 1 aliphatic rings. The number of morpholine rings is 1. The van der Waals surface area contributed by atoms with Crippen LogP contribution in [0.2, 0.25) is 0 Å². The van der Waals surface area contributed by atoms with E-state index in [2.05, 4.69) is 37.6 Å². The molecule has 0 atom stereocenters. The number of amides is 2. The van der Waals surface area contributed by atoms with Gasteiger partial charge in [0.05, 0.1) is 29.1 Å². The average Bonchev–Trinajstić information content (AvgIpc) is 3.31. The summed E-state index contributed by atoms with van der Waals surface area (Å²) in [4.78, 5) is 32.7. The number of anilines is 1. The minimum absolute atomic E-state index is 0.297. The van der Waals surface area contributed by atoms with Crippen LogP contribution in [0.25, 0.3) is 32.6 Å². The van der Waals surface area contributed by atoms with E-state index in [0.717, 1.165) is 65.4 Å². The Morgan fingerprint density at radius 1 is 1.13 bits per heavy atom. The molecule has 0 unspecified atom stereocenters. The van der Waals surface area contributed by atoms with Crippen molar-refractivity contribution in [1.82, 2.24) is 30.2 Å². The fourth-order valence-electron chi connectivity index (χ4n) is 4.28. The van der Waals surface area contributed by atoms with Crippen LogP contribution in [0, 0.1) is 0 Å². The molecule has 3 aromatic heterocycles. The van der Waals surface area contributed by atoms with Crippen molar-refractivity contribution >= 4 is 32.7 Å². The number of rotatable bonds is 7. The number of thiazole rings is 1. The van der Waals surface area contributed by atoms with Gasteiger partial charge in [0, 0.05) is 55.9 Å². The normalized spacial score (nSPS) is 14.5. The van der Waals surface area contributed by atoms with Crippen molar-refractivity contribution in [3.63, 3.8) is 0 Å². The Balaban J connectivity index is 1.56. The molecule has 1 fully saturated rings. The molecule has 10 nitrogen and oxygen atoms in total. The van der Waals surface area contributed by atoms with Gasteiger partial charge >= 0.3 is 6.03 Å². The maximum atomic E-state index is 12.2. The van der Waals surface area contributed by atoms with Crippen LogP contribution in [0.5, 0.6) is 0 Å². The van der Waals surface area contributed by atoms with E-state index in [1.807, 2.05) is 25.3 Å². The van der Waals surface area contributed by atoms with Crippen LogP contribution >= 0.6 is 11.3 Å². The molecule has 1 saturated heterocycles. The first kappa shape index (κ1) is 26.1. The monoisotopic (exact) mass is 533 g/mol. The van der Waals surface area contributed by atoms with Gasteiger partial charge < -0.3 is 15.2 Å². The smallest absolute Gasteiger partial charge is 0.321 e. The van der Waals surface area contributed by atoms with Gasteiger partial charge in [-0.05, 0) is 56.2 Å². The van der Waals surface area contributed by atoms with E-state index >= 15 is 0 Å². The molecule has 0 saturated carbocycles. The molecule has 1 aromatic carbocycles. The number of urea groups is 1. The van der Waals surface area contributed by atoms with Gasteiger partial charge in [-0.1, -0.05) is 11.3 Å². The predicted molar refractivity (Wildman–Crippen MR) is 148 cm³/mol. The highest BCUT2D eigenvalue weighted by molar-refractivity contribution is 7.22. The van der Waals surface area contributed by atoms with Crippen molar-refractivity contribution in [3.8, 4) is 22.4 Å². The molecule has 38 heavy (non-hydrogen) atoms. The van der Waals surface area contributed by atoms with E-state index in [0.29, 0.717) is 17.5 Å². The highest BCUT2D eigenvalue weighted by atomic mass is 32.1. The molecule has 0 radical (unpaired) electrons. The summed E-state index contributed by atoms with van der Waals surface area (Å²) >= 11 is 1.41. The lowest BCUT2D eigenvalue weighted by molar-refractivity contribution is 0.0342. The number of pyridine rings is 1. The van der Waals surface area contributed by atoms with Gasteiger partial charge in [-0.2, -0.15) is 0 Å². The van der Waals surface area contributed by atoms with Crippen molar-refractivity contribution in [2.45, 2.75) is 32.9 Å². The number of carbonyl (C=O) groups is 1. The maximum absolute atomic E-state index is 12.2. The first-order valence-corrected chi connectivity index (χ1v) is 13.4. The van der Waals surface area contributed by atoms with Crippen LogP contribution in [0.1, 0.15) is 32.2 Å². The second-order valence-corrected chi connectivity index (χ2v) is 10.7. The highest BCUT2D eigenvalue weighted by Crippen LogP contribution is 2.38. The van der Waals surface area contributed by atoms with Gasteiger partial charge in [0.25, 0.3) is 0 Å². The Kier molecular flexibility index (Phi) is 7.61. The molecule has 5 rings (SSSR count). The van der Waals surface area contributed by atoms with Gasteiger partial charge in [-0.25, -0.2) is 19.7 Å². The predicted octanol–water partition coefficient (Wildman–Crippen LogP) is 4.02. The molecule has 198 valence electrons. The van der Waals surface area contributed by atoms with Gasteiger partial charge in [-0.15, -0.1) is 0 Å². The third kappa shape index (κ3) is 5.97. The van der Waals surface area contributed by atoms with Crippen LogP contribution in [0.3, 0.4) is 0 Å². The SMILES string of the molecule is CCNC(=O)Nc1nc2cc(-c3cnc(C(C)(C)O)nc3)cc(-c3cc(CN4CCOCC4)ccn3)c2s1. The summed E-state index contributed by atoms with van der Waals surface area (Å²) < 4.78 is 6.41. The minimum atomic E-state index is -1.13. The summed E-state index contributed by atoms with van der Waals surface area (Å²) in [5.41, 5.74) is 4.16. The third-order valence-electron chi connectivity index (χ3n) is 6.19. The van der Waals surface area contributed by atoms with Gasteiger partial charge in [0.2, 0.25) is 0 Å². The first-order valence-electron chi connectivity index (χ1n) is 12.6. The number of aliphatic hydroxyl groups is 1. The van der Waals surface area contributed by atoms with Crippen molar-refractivity contribution in [2.75, 3.05) is 38.2 Å². The topological polar surface area (TPSA) is 125 Å². The summed E-state index contributed by atoms with van der Waals surface area (Å²) in [6, 6.07) is 7.86. The second-order valence-electron chi connectivity index (χ2n) is 9.67. The summed E-state index contributed by atoms with van der Waals surface area (Å²) in [5.74, 6) is 0.349. The van der Waals surface area contributed by atoms with E-state index in [1.54, 1.807) is 26.2 Å². The molecule has 3 N–H and O–H groups in total. The number of hydrogen-bond acceptors (Lipinski definition) is 9. The quantitative estimate of drug-likeness (QED) is 0.325. The lowest BCUT2D eigenvalue weighted by atomic mass is 10.0. The largest absolute Gasteiger partial charge is 0.382 e. The zero-order valence-corrected chi connectivity index (χ0v) is 22.5. The summed E-state index contributed by atoms with van der Waals surface area (Å²) in [6.07, 6.45) is 5.24. The molecule has 2 amide bonds.